The topological polar surface area (TPSA) is 39.1 Å². The summed E-state index contributed by atoms with van der Waals surface area (Å²) in [6.07, 6.45) is 4.77. The highest BCUT2D eigenvalue weighted by molar-refractivity contribution is 5.29. The number of aromatic nitrogens is 2. The van der Waals surface area contributed by atoms with Gasteiger partial charge in [0, 0.05) is 25.5 Å². The molecule has 2 rings (SSSR count). The van der Waals surface area contributed by atoms with Crippen LogP contribution in [0.2, 0.25) is 0 Å². The summed E-state index contributed by atoms with van der Waals surface area (Å²) < 4.78 is 7.23. The third-order valence-corrected chi connectivity index (χ3v) is 2.91. The Balaban J connectivity index is 1.84. The molecule has 2 aromatic rings. The summed E-state index contributed by atoms with van der Waals surface area (Å²) in [5.74, 6) is 1.83. The number of methoxy groups -OCH3 is 1. The summed E-state index contributed by atoms with van der Waals surface area (Å²) in [6.45, 7) is 3.92. The van der Waals surface area contributed by atoms with Crippen LogP contribution in [0.25, 0.3) is 0 Å². The predicted octanol–water partition coefficient (Wildman–Crippen LogP) is 2.57. The van der Waals surface area contributed by atoms with Crippen molar-refractivity contribution in [1.29, 1.82) is 0 Å². The van der Waals surface area contributed by atoms with E-state index in [1.54, 1.807) is 7.11 Å². The second kappa shape index (κ2) is 6.10. The monoisotopic (exact) mass is 245 g/mol. The van der Waals surface area contributed by atoms with Crippen molar-refractivity contribution >= 4 is 5.95 Å². The number of anilines is 1. The molecule has 0 atom stereocenters. The second-order valence-electron chi connectivity index (χ2n) is 4.06. The van der Waals surface area contributed by atoms with Crippen LogP contribution in [0, 0.1) is 0 Å². The van der Waals surface area contributed by atoms with Gasteiger partial charge >= 0.3 is 0 Å². The van der Waals surface area contributed by atoms with Gasteiger partial charge in [0.2, 0.25) is 5.95 Å². The zero-order valence-corrected chi connectivity index (χ0v) is 10.9. The highest BCUT2D eigenvalue weighted by Crippen LogP contribution is 2.12. The third-order valence-electron chi connectivity index (χ3n) is 2.91. The average molecular weight is 245 g/mol. The first-order valence-electron chi connectivity index (χ1n) is 6.21. The Morgan fingerprint density at radius 3 is 2.72 bits per heavy atom. The standard InChI is InChI=1S/C14H19N3O/c1-3-17-11-10-16-14(17)15-9-8-12-4-6-13(18-2)7-5-12/h4-7,10-11H,3,8-9H2,1-2H3,(H,15,16). The molecule has 0 amide bonds. The summed E-state index contributed by atoms with van der Waals surface area (Å²) in [5.41, 5.74) is 1.29. The highest BCUT2D eigenvalue weighted by Gasteiger charge is 2.00. The summed E-state index contributed by atoms with van der Waals surface area (Å²) >= 11 is 0. The van der Waals surface area contributed by atoms with Gasteiger partial charge < -0.3 is 14.6 Å². The molecule has 0 aliphatic rings. The summed E-state index contributed by atoms with van der Waals surface area (Å²) in [4.78, 5) is 4.28. The van der Waals surface area contributed by atoms with Crippen molar-refractivity contribution in [2.24, 2.45) is 0 Å². The minimum atomic E-state index is 0.878. The van der Waals surface area contributed by atoms with Gasteiger partial charge in [-0.2, -0.15) is 0 Å². The van der Waals surface area contributed by atoms with E-state index in [0.29, 0.717) is 0 Å². The molecule has 0 saturated carbocycles. The molecular weight excluding hydrogens is 226 g/mol. The number of hydrogen-bond acceptors (Lipinski definition) is 3. The van der Waals surface area contributed by atoms with Crippen LogP contribution in [0.3, 0.4) is 0 Å². The SMILES string of the molecule is CCn1ccnc1NCCc1ccc(OC)cc1. The zero-order valence-electron chi connectivity index (χ0n) is 10.9. The van der Waals surface area contributed by atoms with E-state index in [9.17, 15) is 0 Å². The molecule has 0 spiro atoms. The molecule has 0 unspecified atom stereocenters. The number of hydrogen-bond donors (Lipinski definition) is 1. The Hall–Kier alpha value is -1.97. The molecule has 0 saturated heterocycles. The number of nitrogens with one attached hydrogen (secondary N) is 1. The first kappa shape index (κ1) is 12.5. The smallest absolute Gasteiger partial charge is 0.202 e. The van der Waals surface area contributed by atoms with Crippen LogP contribution in [-0.2, 0) is 13.0 Å². The molecule has 0 radical (unpaired) electrons. The number of nitrogens with zero attached hydrogens (tertiary/aromatic N) is 2. The van der Waals surface area contributed by atoms with E-state index in [2.05, 4.69) is 33.9 Å². The number of ether oxygens (including phenoxy) is 1. The van der Waals surface area contributed by atoms with E-state index < -0.39 is 0 Å². The summed E-state index contributed by atoms with van der Waals surface area (Å²) in [6, 6.07) is 8.16. The quantitative estimate of drug-likeness (QED) is 0.850. The van der Waals surface area contributed by atoms with E-state index in [4.69, 9.17) is 4.74 Å². The lowest BCUT2D eigenvalue weighted by Crippen LogP contribution is -2.09. The van der Waals surface area contributed by atoms with E-state index in [0.717, 1.165) is 31.2 Å². The molecule has 0 bridgehead atoms. The van der Waals surface area contributed by atoms with Crippen LogP contribution in [0.4, 0.5) is 5.95 Å². The molecule has 0 aliphatic heterocycles. The van der Waals surface area contributed by atoms with Crippen molar-refractivity contribution in [3.05, 3.63) is 42.2 Å². The van der Waals surface area contributed by atoms with E-state index in [-0.39, 0.29) is 0 Å². The van der Waals surface area contributed by atoms with Crippen molar-refractivity contribution in [3.63, 3.8) is 0 Å². The molecule has 1 heterocycles. The van der Waals surface area contributed by atoms with Crippen molar-refractivity contribution < 1.29 is 4.74 Å². The summed E-state index contributed by atoms with van der Waals surface area (Å²) in [5, 5.41) is 3.34. The maximum atomic E-state index is 5.13. The number of aryl methyl sites for hydroxylation is 1. The van der Waals surface area contributed by atoms with E-state index in [1.807, 2.05) is 24.5 Å². The van der Waals surface area contributed by atoms with Gasteiger partial charge in [-0.3, -0.25) is 0 Å². The first-order valence-corrected chi connectivity index (χ1v) is 6.21. The molecule has 1 N–H and O–H groups in total. The molecule has 4 heteroatoms. The van der Waals surface area contributed by atoms with Crippen molar-refractivity contribution in [2.45, 2.75) is 19.9 Å². The Labute approximate surface area is 108 Å². The maximum absolute atomic E-state index is 5.13. The van der Waals surface area contributed by atoms with Crippen LogP contribution in [0.5, 0.6) is 5.75 Å². The highest BCUT2D eigenvalue weighted by atomic mass is 16.5. The first-order chi connectivity index (χ1) is 8.83. The van der Waals surface area contributed by atoms with Gasteiger partial charge in [0.25, 0.3) is 0 Å². The molecule has 0 fully saturated rings. The fourth-order valence-corrected chi connectivity index (χ4v) is 1.84. The molecule has 4 nitrogen and oxygen atoms in total. The van der Waals surface area contributed by atoms with Crippen LogP contribution >= 0.6 is 0 Å². The van der Waals surface area contributed by atoms with Crippen LogP contribution in [0.15, 0.2) is 36.7 Å². The van der Waals surface area contributed by atoms with Gasteiger partial charge in [-0.15, -0.1) is 0 Å². The summed E-state index contributed by atoms with van der Waals surface area (Å²) in [7, 11) is 1.68. The lowest BCUT2D eigenvalue weighted by Gasteiger charge is -2.08. The second-order valence-corrected chi connectivity index (χ2v) is 4.06. The Bertz CT molecular complexity index is 476. The minimum absolute atomic E-state index is 0.878. The minimum Gasteiger partial charge on any atom is -0.497 e. The van der Waals surface area contributed by atoms with E-state index >= 15 is 0 Å². The molecule has 1 aromatic heterocycles. The Morgan fingerprint density at radius 1 is 1.28 bits per heavy atom. The van der Waals surface area contributed by atoms with Gasteiger partial charge in [0.1, 0.15) is 5.75 Å². The third kappa shape index (κ3) is 3.03. The van der Waals surface area contributed by atoms with Gasteiger partial charge in [-0.25, -0.2) is 4.98 Å². The molecule has 96 valence electrons. The van der Waals surface area contributed by atoms with Crippen molar-refractivity contribution in [1.82, 2.24) is 9.55 Å². The van der Waals surface area contributed by atoms with Gasteiger partial charge in [-0.05, 0) is 31.0 Å². The van der Waals surface area contributed by atoms with Gasteiger partial charge in [0.05, 0.1) is 7.11 Å². The molecule has 0 aliphatic carbocycles. The number of rotatable bonds is 6. The number of benzene rings is 1. The molecular formula is C14H19N3O. The molecule has 1 aromatic carbocycles. The van der Waals surface area contributed by atoms with Crippen LogP contribution in [-0.4, -0.2) is 23.2 Å². The van der Waals surface area contributed by atoms with Crippen molar-refractivity contribution in [3.8, 4) is 5.75 Å². The fourth-order valence-electron chi connectivity index (χ4n) is 1.84. The zero-order chi connectivity index (χ0) is 12.8. The van der Waals surface area contributed by atoms with Gasteiger partial charge in [-0.1, -0.05) is 12.1 Å². The predicted molar refractivity (Wildman–Crippen MR) is 73.1 cm³/mol. The van der Waals surface area contributed by atoms with E-state index in [1.165, 1.54) is 5.56 Å². The average Bonchev–Trinajstić information content (AvgIpc) is 2.87. The lowest BCUT2D eigenvalue weighted by atomic mass is 10.1. The fraction of sp³-hybridized carbons (Fsp3) is 0.357. The normalized spacial score (nSPS) is 10.3. The maximum Gasteiger partial charge on any atom is 0.202 e. The lowest BCUT2D eigenvalue weighted by molar-refractivity contribution is 0.414. The number of imidazole rings is 1. The van der Waals surface area contributed by atoms with Crippen LogP contribution in [0.1, 0.15) is 12.5 Å². The van der Waals surface area contributed by atoms with Crippen molar-refractivity contribution in [2.75, 3.05) is 19.0 Å². The van der Waals surface area contributed by atoms with Crippen LogP contribution < -0.4 is 10.1 Å². The van der Waals surface area contributed by atoms with Gasteiger partial charge in [0.15, 0.2) is 0 Å². The largest absolute Gasteiger partial charge is 0.497 e. The molecule has 18 heavy (non-hydrogen) atoms. The Morgan fingerprint density at radius 2 is 2.06 bits per heavy atom. The Kier molecular flexibility index (Phi) is 4.23.